The highest BCUT2D eigenvalue weighted by Crippen LogP contribution is 2.20. The molecule has 21 heavy (non-hydrogen) atoms. The van der Waals surface area contributed by atoms with E-state index in [4.69, 9.17) is 4.74 Å². The van der Waals surface area contributed by atoms with Crippen molar-refractivity contribution in [2.45, 2.75) is 45.2 Å². The van der Waals surface area contributed by atoms with E-state index in [2.05, 4.69) is 17.3 Å². The lowest BCUT2D eigenvalue weighted by atomic mass is 10.0. The van der Waals surface area contributed by atoms with Gasteiger partial charge in [-0.25, -0.2) is 4.39 Å². The molecule has 0 bridgehead atoms. The second-order valence-corrected chi connectivity index (χ2v) is 5.84. The quantitative estimate of drug-likeness (QED) is 0.836. The van der Waals surface area contributed by atoms with Crippen LogP contribution >= 0.6 is 0 Å². The van der Waals surface area contributed by atoms with Crippen LogP contribution in [0.25, 0.3) is 0 Å². The molecule has 1 N–H and O–H groups in total. The van der Waals surface area contributed by atoms with Gasteiger partial charge < -0.3 is 15.0 Å². The zero-order valence-corrected chi connectivity index (χ0v) is 13.2. The van der Waals surface area contributed by atoms with Crippen LogP contribution in [0, 0.1) is 5.82 Å². The molecule has 2 rings (SSSR count). The summed E-state index contributed by atoms with van der Waals surface area (Å²) in [7, 11) is 2.18. The van der Waals surface area contributed by atoms with Gasteiger partial charge in [-0.2, -0.15) is 0 Å². The van der Waals surface area contributed by atoms with Crippen LogP contribution in [-0.2, 0) is 6.54 Å². The van der Waals surface area contributed by atoms with Crippen molar-refractivity contribution < 1.29 is 9.13 Å². The average molecular weight is 294 g/mol. The van der Waals surface area contributed by atoms with E-state index in [1.807, 2.05) is 13.0 Å². The number of nitrogens with one attached hydrogen (secondary N) is 1. The first-order valence-corrected chi connectivity index (χ1v) is 8.02. The Hall–Kier alpha value is -1.13. The summed E-state index contributed by atoms with van der Waals surface area (Å²) in [6.45, 7) is 5.42. The smallest absolute Gasteiger partial charge is 0.127 e. The molecule has 0 amide bonds. The van der Waals surface area contributed by atoms with Gasteiger partial charge in [-0.3, -0.25) is 0 Å². The summed E-state index contributed by atoms with van der Waals surface area (Å²) in [5, 5.41) is 3.20. The Balaban J connectivity index is 1.83. The minimum absolute atomic E-state index is 0.227. The number of halogens is 1. The van der Waals surface area contributed by atoms with Crippen LogP contribution in [0.15, 0.2) is 18.2 Å². The van der Waals surface area contributed by atoms with Crippen LogP contribution in [0.4, 0.5) is 4.39 Å². The van der Waals surface area contributed by atoms with Gasteiger partial charge >= 0.3 is 0 Å². The molecule has 0 aromatic heterocycles. The molecule has 1 heterocycles. The molecular weight excluding hydrogens is 267 g/mol. The number of likely N-dealkylation sites (tertiary alicyclic amines) is 1. The average Bonchev–Trinajstić information content (AvgIpc) is 2.47. The molecule has 1 saturated heterocycles. The van der Waals surface area contributed by atoms with Crippen molar-refractivity contribution in [1.82, 2.24) is 10.2 Å². The number of hydrogen-bond donors (Lipinski definition) is 1. The van der Waals surface area contributed by atoms with Crippen molar-refractivity contribution in [1.29, 1.82) is 0 Å². The van der Waals surface area contributed by atoms with Gasteiger partial charge in [0.15, 0.2) is 0 Å². The van der Waals surface area contributed by atoms with Crippen LogP contribution in [0.3, 0.4) is 0 Å². The maximum atomic E-state index is 13.6. The molecule has 0 saturated carbocycles. The lowest BCUT2D eigenvalue weighted by Crippen LogP contribution is -2.37. The molecule has 0 spiro atoms. The number of ether oxygens (including phenoxy) is 1. The van der Waals surface area contributed by atoms with E-state index in [1.165, 1.54) is 31.9 Å². The summed E-state index contributed by atoms with van der Waals surface area (Å²) in [5.41, 5.74) is 0.932. The number of piperidine rings is 1. The van der Waals surface area contributed by atoms with E-state index < -0.39 is 0 Å². The van der Waals surface area contributed by atoms with Crippen molar-refractivity contribution in [2.75, 3.05) is 26.7 Å². The summed E-state index contributed by atoms with van der Waals surface area (Å²) >= 11 is 0. The van der Waals surface area contributed by atoms with Gasteiger partial charge in [-0.1, -0.05) is 13.3 Å². The van der Waals surface area contributed by atoms with E-state index in [1.54, 1.807) is 6.07 Å². The fourth-order valence-corrected chi connectivity index (χ4v) is 2.90. The maximum Gasteiger partial charge on any atom is 0.127 e. The molecule has 3 nitrogen and oxygen atoms in total. The summed E-state index contributed by atoms with van der Waals surface area (Å²) in [4.78, 5) is 2.41. The highest BCUT2D eigenvalue weighted by Gasteiger charge is 2.18. The lowest BCUT2D eigenvalue weighted by molar-refractivity contribution is 0.153. The normalized spacial score (nSPS) is 19.7. The first-order valence-electron chi connectivity index (χ1n) is 8.02. The van der Waals surface area contributed by atoms with Crippen LogP contribution in [0.1, 0.15) is 38.2 Å². The highest BCUT2D eigenvalue weighted by atomic mass is 19.1. The summed E-state index contributed by atoms with van der Waals surface area (Å²) in [6, 6.07) is 5.56. The van der Waals surface area contributed by atoms with Crippen LogP contribution in [-0.4, -0.2) is 37.7 Å². The van der Waals surface area contributed by atoms with E-state index in [0.29, 0.717) is 24.9 Å². The van der Waals surface area contributed by atoms with Gasteiger partial charge in [-0.15, -0.1) is 0 Å². The Morgan fingerprint density at radius 1 is 1.33 bits per heavy atom. The van der Waals surface area contributed by atoms with E-state index in [-0.39, 0.29) is 5.82 Å². The van der Waals surface area contributed by atoms with Gasteiger partial charge in [0, 0.05) is 18.7 Å². The molecule has 1 unspecified atom stereocenters. The zero-order chi connectivity index (χ0) is 15.1. The first-order chi connectivity index (χ1) is 10.2. The Bertz CT molecular complexity index is 439. The fourth-order valence-electron chi connectivity index (χ4n) is 2.90. The van der Waals surface area contributed by atoms with Crippen molar-refractivity contribution in [3.05, 3.63) is 29.6 Å². The molecule has 1 fully saturated rings. The van der Waals surface area contributed by atoms with E-state index >= 15 is 0 Å². The zero-order valence-electron chi connectivity index (χ0n) is 13.2. The third kappa shape index (κ3) is 5.29. The number of rotatable bonds is 7. The molecule has 1 aromatic rings. The molecule has 1 atom stereocenters. The van der Waals surface area contributed by atoms with Gasteiger partial charge in [0.1, 0.15) is 11.6 Å². The molecule has 0 aliphatic carbocycles. The molecule has 118 valence electrons. The molecular formula is C17H27FN2O. The maximum absolute atomic E-state index is 13.6. The monoisotopic (exact) mass is 294 g/mol. The summed E-state index contributed by atoms with van der Waals surface area (Å²) in [5.74, 6) is 0.413. The van der Waals surface area contributed by atoms with Gasteiger partial charge in [-0.05, 0) is 57.1 Å². The van der Waals surface area contributed by atoms with Gasteiger partial charge in [0.2, 0.25) is 0 Å². The van der Waals surface area contributed by atoms with Crippen molar-refractivity contribution in [3.63, 3.8) is 0 Å². The molecule has 1 aliphatic heterocycles. The SMILES string of the molecule is CCNCc1cc(F)cc(OCCC2CCCCN2C)c1. The Labute approximate surface area is 127 Å². The van der Waals surface area contributed by atoms with Crippen LogP contribution in [0.2, 0.25) is 0 Å². The minimum atomic E-state index is -0.227. The first kappa shape index (κ1) is 16.2. The van der Waals surface area contributed by atoms with Crippen molar-refractivity contribution in [2.24, 2.45) is 0 Å². The predicted octanol–water partition coefficient (Wildman–Crippen LogP) is 3.19. The third-order valence-electron chi connectivity index (χ3n) is 4.15. The van der Waals surface area contributed by atoms with E-state index in [9.17, 15) is 4.39 Å². The molecule has 4 heteroatoms. The van der Waals surface area contributed by atoms with Crippen molar-refractivity contribution in [3.8, 4) is 5.75 Å². The predicted molar refractivity (Wildman–Crippen MR) is 84.2 cm³/mol. The topological polar surface area (TPSA) is 24.5 Å². The number of nitrogens with zero attached hydrogens (tertiary/aromatic N) is 1. The number of hydrogen-bond acceptors (Lipinski definition) is 3. The minimum Gasteiger partial charge on any atom is -0.493 e. The fraction of sp³-hybridized carbons (Fsp3) is 0.647. The lowest BCUT2D eigenvalue weighted by Gasteiger charge is -2.32. The Morgan fingerprint density at radius 3 is 2.95 bits per heavy atom. The molecule has 1 aromatic carbocycles. The van der Waals surface area contributed by atoms with E-state index in [0.717, 1.165) is 18.5 Å². The van der Waals surface area contributed by atoms with Gasteiger partial charge in [0.25, 0.3) is 0 Å². The third-order valence-corrected chi connectivity index (χ3v) is 4.15. The Kier molecular flexibility index (Phi) is 6.46. The summed E-state index contributed by atoms with van der Waals surface area (Å²) < 4.78 is 19.3. The summed E-state index contributed by atoms with van der Waals surface area (Å²) in [6.07, 6.45) is 4.86. The Morgan fingerprint density at radius 2 is 2.19 bits per heavy atom. The largest absolute Gasteiger partial charge is 0.493 e. The van der Waals surface area contributed by atoms with Gasteiger partial charge in [0.05, 0.1) is 6.61 Å². The highest BCUT2D eigenvalue weighted by molar-refractivity contribution is 5.29. The number of benzene rings is 1. The second-order valence-electron chi connectivity index (χ2n) is 5.84. The standard InChI is InChI=1S/C17H27FN2O/c1-3-19-13-14-10-15(18)12-17(11-14)21-9-7-16-6-4-5-8-20(16)2/h10-12,16,19H,3-9,13H2,1-2H3. The van der Waals surface area contributed by atoms with Crippen LogP contribution < -0.4 is 10.1 Å². The van der Waals surface area contributed by atoms with Crippen LogP contribution in [0.5, 0.6) is 5.75 Å². The van der Waals surface area contributed by atoms with Crippen molar-refractivity contribution >= 4 is 0 Å². The molecule has 1 aliphatic rings. The second kappa shape index (κ2) is 8.35. The molecule has 0 radical (unpaired) electrons.